The van der Waals surface area contributed by atoms with Crippen LogP contribution in [-0.4, -0.2) is 19.6 Å². The Balaban J connectivity index is 2.08. The lowest BCUT2D eigenvalue weighted by atomic mass is 9.85. The van der Waals surface area contributed by atoms with Gasteiger partial charge in [-0.2, -0.15) is 0 Å². The standard InChI is InChI=1S/C17H27BrN2/c1-4-19-13-14-6-7-16(15(18)12-14)20-10-5-8-17(2,3)9-11-20/h6-7,12,19H,4-5,8-11,13H2,1-3H3. The molecular formula is C17H27BrN2. The molecule has 0 spiro atoms. The average Bonchev–Trinajstić information content (AvgIpc) is 2.58. The predicted octanol–water partition coefficient (Wildman–Crippen LogP) is 4.58. The Morgan fingerprint density at radius 2 is 2.05 bits per heavy atom. The molecule has 0 saturated carbocycles. The molecule has 1 aliphatic rings. The van der Waals surface area contributed by atoms with Gasteiger partial charge in [0.15, 0.2) is 0 Å². The highest BCUT2D eigenvalue weighted by Gasteiger charge is 2.23. The minimum Gasteiger partial charge on any atom is -0.371 e. The van der Waals surface area contributed by atoms with E-state index < -0.39 is 0 Å². The number of hydrogen-bond donors (Lipinski definition) is 1. The van der Waals surface area contributed by atoms with E-state index in [1.165, 1.54) is 41.5 Å². The Morgan fingerprint density at radius 3 is 2.75 bits per heavy atom. The molecule has 0 aromatic heterocycles. The Labute approximate surface area is 132 Å². The summed E-state index contributed by atoms with van der Waals surface area (Å²) in [7, 11) is 0. The summed E-state index contributed by atoms with van der Waals surface area (Å²) in [4.78, 5) is 2.54. The highest BCUT2D eigenvalue weighted by atomic mass is 79.9. The second-order valence-corrected chi connectivity index (χ2v) is 7.43. The molecule has 112 valence electrons. The van der Waals surface area contributed by atoms with Gasteiger partial charge in [-0.15, -0.1) is 0 Å². The average molecular weight is 339 g/mol. The van der Waals surface area contributed by atoms with Gasteiger partial charge in [-0.05, 0) is 64.8 Å². The van der Waals surface area contributed by atoms with Gasteiger partial charge >= 0.3 is 0 Å². The van der Waals surface area contributed by atoms with Crippen LogP contribution in [0.5, 0.6) is 0 Å². The number of anilines is 1. The van der Waals surface area contributed by atoms with Crippen molar-refractivity contribution < 1.29 is 0 Å². The van der Waals surface area contributed by atoms with Crippen molar-refractivity contribution in [2.24, 2.45) is 5.41 Å². The largest absolute Gasteiger partial charge is 0.371 e. The third kappa shape index (κ3) is 4.23. The van der Waals surface area contributed by atoms with Crippen molar-refractivity contribution in [1.82, 2.24) is 5.32 Å². The van der Waals surface area contributed by atoms with Crippen LogP contribution in [0.4, 0.5) is 5.69 Å². The smallest absolute Gasteiger partial charge is 0.0510 e. The van der Waals surface area contributed by atoms with Gasteiger partial charge in [-0.3, -0.25) is 0 Å². The van der Waals surface area contributed by atoms with Crippen molar-refractivity contribution in [3.8, 4) is 0 Å². The van der Waals surface area contributed by atoms with Crippen LogP contribution in [0.3, 0.4) is 0 Å². The molecule has 1 heterocycles. The van der Waals surface area contributed by atoms with Crippen molar-refractivity contribution in [2.45, 2.75) is 46.6 Å². The Kier molecular flexibility index (Phi) is 5.50. The predicted molar refractivity (Wildman–Crippen MR) is 91.4 cm³/mol. The van der Waals surface area contributed by atoms with Gasteiger partial charge in [0.05, 0.1) is 5.69 Å². The van der Waals surface area contributed by atoms with Gasteiger partial charge in [0.2, 0.25) is 0 Å². The Hall–Kier alpha value is -0.540. The molecule has 1 N–H and O–H groups in total. The molecule has 0 amide bonds. The van der Waals surface area contributed by atoms with E-state index in [-0.39, 0.29) is 0 Å². The number of hydrogen-bond acceptors (Lipinski definition) is 2. The van der Waals surface area contributed by atoms with E-state index in [4.69, 9.17) is 0 Å². The number of benzene rings is 1. The van der Waals surface area contributed by atoms with Crippen LogP contribution in [0.15, 0.2) is 22.7 Å². The fourth-order valence-corrected chi connectivity index (χ4v) is 3.53. The van der Waals surface area contributed by atoms with Crippen LogP contribution < -0.4 is 10.2 Å². The monoisotopic (exact) mass is 338 g/mol. The van der Waals surface area contributed by atoms with E-state index in [2.05, 4.69) is 65.1 Å². The van der Waals surface area contributed by atoms with Gasteiger partial charge in [0.1, 0.15) is 0 Å². The minimum absolute atomic E-state index is 0.492. The van der Waals surface area contributed by atoms with Crippen molar-refractivity contribution in [2.75, 3.05) is 24.5 Å². The first-order valence-electron chi connectivity index (χ1n) is 7.76. The highest BCUT2D eigenvalue weighted by molar-refractivity contribution is 9.10. The molecule has 0 atom stereocenters. The molecule has 1 saturated heterocycles. The summed E-state index contributed by atoms with van der Waals surface area (Å²) in [6, 6.07) is 6.78. The van der Waals surface area contributed by atoms with Crippen LogP contribution in [0.25, 0.3) is 0 Å². The van der Waals surface area contributed by atoms with Crippen LogP contribution in [-0.2, 0) is 6.54 Å². The Morgan fingerprint density at radius 1 is 1.25 bits per heavy atom. The first-order valence-corrected chi connectivity index (χ1v) is 8.55. The van der Waals surface area contributed by atoms with Crippen LogP contribution in [0, 0.1) is 5.41 Å². The summed E-state index contributed by atoms with van der Waals surface area (Å²) >= 11 is 3.76. The molecule has 2 rings (SSSR count). The fraction of sp³-hybridized carbons (Fsp3) is 0.647. The number of halogens is 1. The first kappa shape index (κ1) is 15.8. The summed E-state index contributed by atoms with van der Waals surface area (Å²) in [6.07, 6.45) is 3.90. The maximum Gasteiger partial charge on any atom is 0.0510 e. The molecule has 1 aromatic carbocycles. The zero-order valence-corrected chi connectivity index (χ0v) is 14.6. The van der Waals surface area contributed by atoms with E-state index in [0.717, 1.165) is 19.6 Å². The molecule has 1 aliphatic heterocycles. The van der Waals surface area contributed by atoms with E-state index in [1.54, 1.807) is 0 Å². The van der Waals surface area contributed by atoms with Gasteiger partial charge in [0.25, 0.3) is 0 Å². The number of nitrogens with zero attached hydrogens (tertiary/aromatic N) is 1. The molecule has 0 unspecified atom stereocenters. The molecule has 20 heavy (non-hydrogen) atoms. The van der Waals surface area contributed by atoms with Gasteiger partial charge < -0.3 is 10.2 Å². The molecule has 1 aromatic rings. The summed E-state index contributed by atoms with van der Waals surface area (Å²) in [5, 5.41) is 3.38. The van der Waals surface area contributed by atoms with Gasteiger partial charge in [-0.25, -0.2) is 0 Å². The second-order valence-electron chi connectivity index (χ2n) is 6.57. The first-order chi connectivity index (χ1) is 9.52. The fourth-order valence-electron chi connectivity index (χ4n) is 2.85. The third-order valence-electron chi connectivity index (χ3n) is 4.27. The topological polar surface area (TPSA) is 15.3 Å². The minimum atomic E-state index is 0.492. The van der Waals surface area contributed by atoms with Gasteiger partial charge in [0, 0.05) is 24.1 Å². The Bertz CT molecular complexity index is 443. The summed E-state index contributed by atoms with van der Waals surface area (Å²) in [6.45, 7) is 11.2. The van der Waals surface area contributed by atoms with Crippen LogP contribution in [0.1, 0.15) is 45.6 Å². The van der Waals surface area contributed by atoms with Gasteiger partial charge in [-0.1, -0.05) is 26.8 Å². The van der Waals surface area contributed by atoms with Crippen LogP contribution in [0.2, 0.25) is 0 Å². The molecule has 0 bridgehead atoms. The van der Waals surface area contributed by atoms with Crippen LogP contribution >= 0.6 is 15.9 Å². The quantitative estimate of drug-likeness (QED) is 0.864. The molecule has 2 nitrogen and oxygen atoms in total. The molecule has 1 fully saturated rings. The van der Waals surface area contributed by atoms with E-state index >= 15 is 0 Å². The zero-order chi connectivity index (χ0) is 14.6. The SMILES string of the molecule is CCNCc1ccc(N2CCCC(C)(C)CC2)c(Br)c1. The number of rotatable bonds is 4. The molecule has 0 aliphatic carbocycles. The maximum atomic E-state index is 3.76. The second kappa shape index (κ2) is 6.95. The van der Waals surface area contributed by atoms with Crippen molar-refractivity contribution >= 4 is 21.6 Å². The highest BCUT2D eigenvalue weighted by Crippen LogP contribution is 2.34. The molecule has 3 heteroatoms. The van der Waals surface area contributed by atoms with E-state index in [0.29, 0.717) is 5.41 Å². The maximum absolute atomic E-state index is 3.76. The lowest BCUT2D eigenvalue weighted by Gasteiger charge is -2.26. The van der Waals surface area contributed by atoms with Crippen molar-refractivity contribution in [1.29, 1.82) is 0 Å². The summed E-state index contributed by atoms with van der Waals surface area (Å²) in [5.74, 6) is 0. The van der Waals surface area contributed by atoms with E-state index in [9.17, 15) is 0 Å². The molecular weight excluding hydrogens is 312 g/mol. The summed E-state index contributed by atoms with van der Waals surface area (Å²) < 4.78 is 1.23. The van der Waals surface area contributed by atoms with Crippen molar-refractivity contribution in [3.63, 3.8) is 0 Å². The third-order valence-corrected chi connectivity index (χ3v) is 4.91. The molecule has 0 radical (unpaired) electrons. The van der Waals surface area contributed by atoms with Crippen molar-refractivity contribution in [3.05, 3.63) is 28.2 Å². The lowest BCUT2D eigenvalue weighted by Crippen LogP contribution is -2.25. The summed E-state index contributed by atoms with van der Waals surface area (Å²) in [5.41, 5.74) is 3.19. The number of nitrogens with one attached hydrogen (secondary N) is 1. The zero-order valence-electron chi connectivity index (χ0n) is 13.0. The lowest BCUT2D eigenvalue weighted by molar-refractivity contribution is 0.325. The normalized spacial score (nSPS) is 18.9. The van der Waals surface area contributed by atoms with E-state index in [1.807, 2.05) is 0 Å².